The van der Waals surface area contributed by atoms with Crippen LogP contribution >= 0.6 is 0 Å². The number of aromatic amines is 1. The average Bonchev–Trinajstić information content (AvgIpc) is 2.60. The number of carbonyl (C=O) groups excluding carboxylic acids is 1. The van der Waals surface area contributed by atoms with Gasteiger partial charge in [0.2, 0.25) is 0 Å². The summed E-state index contributed by atoms with van der Waals surface area (Å²) in [5.41, 5.74) is -0.651. The Morgan fingerprint density at radius 3 is 2.71 bits per heavy atom. The number of fused-ring (bicyclic) bond motifs is 1. The van der Waals surface area contributed by atoms with Crippen LogP contribution in [0.1, 0.15) is 49.4 Å². The molecule has 0 amide bonds. The van der Waals surface area contributed by atoms with Gasteiger partial charge in [-0.15, -0.1) is 0 Å². The third-order valence-corrected chi connectivity index (χ3v) is 4.66. The molecule has 0 radical (unpaired) electrons. The van der Waals surface area contributed by atoms with Crippen LogP contribution in [-0.2, 0) is 11.3 Å². The number of nitrogens with one attached hydrogen (secondary N) is 1. The van der Waals surface area contributed by atoms with Crippen molar-refractivity contribution >= 4 is 16.9 Å². The maximum absolute atomic E-state index is 12.3. The van der Waals surface area contributed by atoms with Gasteiger partial charge in [0.15, 0.2) is 0 Å². The average molecular weight is 330 g/mol. The number of hydrogen-bond acceptors (Lipinski definition) is 4. The molecule has 1 N–H and O–H groups in total. The smallest absolute Gasteiger partial charge is 0.338 e. The van der Waals surface area contributed by atoms with Crippen molar-refractivity contribution in [2.24, 2.45) is 5.92 Å². The summed E-state index contributed by atoms with van der Waals surface area (Å²) in [6.07, 6.45) is 5.88. The van der Waals surface area contributed by atoms with Gasteiger partial charge in [-0.3, -0.25) is 19.4 Å². The first kappa shape index (κ1) is 16.5. The summed E-state index contributed by atoms with van der Waals surface area (Å²) < 4.78 is 6.74. The highest BCUT2D eigenvalue weighted by molar-refractivity contribution is 6.03. The molecule has 0 spiro atoms. The number of ether oxygens (including phenoxy) is 1. The monoisotopic (exact) mass is 330 g/mol. The summed E-state index contributed by atoms with van der Waals surface area (Å²) in [4.78, 5) is 36.6. The highest BCUT2D eigenvalue weighted by atomic mass is 16.5. The molecule has 128 valence electrons. The standard InChI is InChI=1S/C18H22N2O4/c1-2-24-18(23)13-9-6-10-14-15(13)16(21)17(22)19-20(14)11-12-7-4-3-5-8-12/h6,9-10,12H,2-5,7-8,11H2,1H3,(H,19,22). The second-order valence-corrected chi connectivity index (χ2v) is 6.30. The molecule has 1 aliphatic carbocycles. The van der Waals surface area contributed by atoms with Crippen LogP contribution in [0.25, 0.3) is 10.9 Å². The summed E-state index contributed by atoms with van der Waals surface area (Å²) in [6, 6.07) is 5.01. The van der Waals surface area contributed by atoms with Crippen molar-refractivity contribution in [3.8, 4) is 0 Å². The molecule has 24 heavy (non-hydrogen) atoms. The van der Waals surface area contributed by atoms with Gasteiger partial charge < -0.3 is 4.74 Å². The highest BCUT2D eigenvalue weighted by Crippen LogP contribution is 2.26. The zero-order valence-corrected chi connectivity index (χ0v) is 13.8. The van der Waals surface area contributed by atoms with Gasteiger partial charge in [-0.1, -0.05) is 25.3 Å². The van der Waals surface area contributed by atoms with Crippen LogP contribution in [0.15, 0.2) is 27.8 Å². The van der Waals surface area contributed by atoms with Gasteiger partial charge in [-0.25, -0.2) is 4.79 Å². The van der Waals surface area contributed by atoms with Crippen molar-refractivity contribution in [1.82, 2.24) is 9.78 Å². The molecule has 1 aliphatic rings. The number of aromatic nitrogens is 2. The van der Waals surface area contributed by atoms with Crippen molar-refractivity contribution in [2.75, 3.05) is 6.61 Å². The van der Waals surface area contributed by atoms with Crippen molar-refractivity contribution < 1.29 is 9.53 Å². The first-order chi connectivity index (χ1) is 11.6. The second kappa shape index (κ2) is 7.03. The van der Waals surface area contributed by atoms with Gasteiger partial charge in [0.05, 0.1) is 23.1 Å². The summed E-state index contributed by atoms with van der Waals surface area (Å²) in [6.45, 7) is 2.57. The summed E-state index contributed by atoms with van der Waals surface area (Å²) >= 11 is 0. The number of H-pyrrole nitrogens is 1. The lowest BCUT2D eigenvalue weighted by Gasteiger charge is -2.23. The normalized spacial score (nSPS) is 15.5. The Morgan fingerprint density at radius 1 is 1.25 bits per heavy atom. The van der Waals surface area contributed by atoms with E-state index in [1.54, 1.807) is 23.7 Å². The lowest BCUT2D eigenvalue weighted by Crippen LogP contribution is -2.34. The quantitative estimate of drug-likeness (QED) is 0.689. The van der Waals surface area contributed by atoms with E-state index in [0.717, 1.165) is 12.8 Å². The highest BCUT2D eigenvalue weighted by Gasteiger charge is 2.19. The third-order valence-electron chi connectivity index (χ3n) is 4.66. The predicted octanol–water partition coefficient (Wildman–Crippen LogP) is 2.45. The van der Waals surface area contributed by atoms with Gasteiger partial charge in [-0.05, 0) is 37.8 Å². The summed E-state index contributed by atoms with van der Waals surface area (Å²) in [5.74, 6) is -0.0960. The Labute approximate surface area is 139 Å². The Hall–Kier alpha value is -2.37. The number of hydrogen-bond donors (Lipinski definition) is 1. The third kappa shape index (κ3) is 3.13. The number of nitrogens with zero attached hydrogens (tertiary/aromatic N) is 1. The Morgan fingerprint density at radius 2 is 2.00 bits per heavy atom. The minimum absolute atomic E-state index is 0.149. The lowest BCUT2D eigenvalue weighted by molar-refractivity contribution is 0.0528. The van der Waals surface area contributed by atoms with Crippen LogP contribution in [0, 0.1) is 5.92 Å². The molecule has 6 nitrogen and oxygen atoms in total. The zero-order chi connectivity index (χ0) is 17.1. The molecule has 2 aromatic rings. The van der Waals surface area contributed by atoms with Crippen LogP contribution in [0.4, 0.5) is 0 Å². The van der Waals surface area contributed by atoms with E-state index < -0.39 is 17.0 Å². The van der Waals surface area contributed by atoms with Gasteiger partial charge >= 0.3 is 11.5 Å². The van der Waals surface area contributed by atoms with E-state index in [0.29, 0.717) is 18.0 Å². The molecule has 1 aromatic carbocycles. The number of benzene rings is 1. The van der Waals surface area contributed by atoms with E-state index in [9.17, 15) is 14.4 Å². The largest absolute Gasteiger partial charge is 0.462 e. The SMILES string of the molecule is CCOC(=O)c1cccc2c1c(=O)c(=O)[nH]n2CC1CCCCC1. The van der Waals surface area contributed by atoms with Crippen LogP contribution in [0.3, 0.4) is 0 Å². The van der Waals surface area contributed by atoms with E-state index in [4.69, 9.17) is 4.74 Å². The molecule has 1 heterocycles. The number of carbonyl (C=O) groups is 1. The van der Waals surface area contributed by atoms with E-state index in [1.165, 1.54) is 25.3 Å². The molecule has 1 saturated carbocycles. The Balaban J connectivity index is 2.12. The molecule has 1 fully saturated rings. The van der Waals surface area contributed by atoms with Gasteiger partial charge in [0.25, 0.3) is 5.43 Å². The minimum atomic E-state index is -0.699. The van der Waals surface area contributed by atoms with Crippen LogP contribution in [0.5, 0.6) is 0 Å². The molecule has 3 rings (SSSR count). The molecule has 0 atom stereocenters. The summed E-state index contributed by atoms with van der Waals surface area (Å²) in [7, 11) is 0. The predicted molar refractivity (Wildman–Crippen MR) is 91.4 cm³/mol. The van der Waals surface area contributed by atoms with Crippen molar-refractivity contribution in [2.45, 2.75) is 45.6 Å². The Bertz CT molecular complexity index is 859. The molecular weight excluding hydrogens is 308 g/mol. The Kier molecular flexibility index (Phi) is 4.83. The maximum Gasteiger partial charge on any atom is 0.338 e. The number of esters is 1. The van der Waals surface area contributed by atoms with Gasteiger partial charge in [0.1, 0.15) is 0 Å². The maximum atomic E-state index is 12.3. The zero-order valence-electron chi connectivity index (χ0n) is 13.8. The fourth-order valence-electron chi connectivity index (χ4n) is 3.50. The molecular formula is C18H22N2O4. The second-order valence-electron chi connectivity index (χ2n) is 6.30. The van der Waals surface area contributed by atoms with Crippen molar-refractivity contribution in [1.29, 1.82) is 0 Å². The first-order valence-electron chi connectivity index (χ1n) is 8.54. The van der Waals surface area contributed by atoms with E-state index >= 15 is 0 Å². The molecule has 0 unspecified atom stereocenters. The molecule has 0 aliphatic heterocycles. The van der Waals surface area contributed by atoms with Gasteiger partial charge in [0, 0.05) is 6.54 Å². The van der Waals surface area contributed by atoms with Crippen LogP contribution in [-0.4, -0.2) is 22.4 Å². The fraction of sp³-hybridized carbons (Fsp3) is 0.500. The molecule has 1 aromatic heterocycles. The van der Waals surface area contributed by atoms with E-state index in [2.05, 4.69) is 5.10 Å². The lowest BCUT2D eigenvalue weighted by atomic mass is 9.89. The minimum Gasteiger partial charge on any atom is -0.462 e. The van der Waals surface area contributed by atoms with E-state index in [1.807, 2.05) is 0 Å². The molecule has 0 bridgehead atoms. The van der Waals surface area contributed by atoms with Crippen LogP contribution < -0.4 is 11.0 Å². The number of rotatable bonds is 4. The van der Waals surface area contributed by atoms with E-state index in [-0.39, 0.29) is 17.6 Å². The van der Waals surface area contributed by atoms with Gasteiger partial charge in [-0.2, -0.15) is 0 Å². The fourth-order valence-corrected chi connectivity index (χ4v) is 3.50. The van der Waals surface area contributed by atoms with Crippen molar-refractivity contribution in [3.05, 3.63) is 44.3 Å². The summed E-state index contributed by atoms with van der Waals surface area (Å²) in [5, 5.41) is 2.81. The molecule has 0 saturated heterocycles. The first-order valence-corrected chi connectivity index (χ1v) is 8.54. The molecule has 6 heteroatoms. The van der Waals surface area contributed by atoms with Crippen molar-refractivity contribution in [3.63, 3.8) is 0 Å². The van der Waals surface area contributed by atoms with Crippen LogP contribution in [0.2, 0.25) is 0 Å². The topological polar surface area (TPSA) is 81.2 Å².